The molecule has 23 heavy (non-hydrogen) atoms. The summed E-state index contributed by atoms with van der Waals surface area (Å²) < 4.78 is 10.1. The molecule has 0 aliphatic heterocycles. The van der Waals surface area contributed by atoms with E-state index >= 15 is 0 Å². The maximum absolute atomic E-state index is 11.5. The molecule has 2 aromatic rings. The smallest absolute Gasteiger partial charge is 0.360 e. The lowest BCUT2D eigenvalue weighted by Gasteiger charge is -1.98. The van der Waals surface area contributed by atoms with E-state index in [4.69, 9.17) is 26.4 Å². The fraction of sp³-hybridized carbons (Fsp3) is 0.143. The zero-order chi connectivity index (χ0) is 16.8. The number of oxazole rings is 1. The molecule has 0 aliphatic carbocycles. The maximum Gasteiger partial charge on any atom is 0.360 e. The average Bonchev–Trinajstić information content (AvgIpc) is 2.97. The lowest BCUT2D eigenvalue weighted by Crippen LogP contribution is -2.26. The van der Waals surface area contributed by atoms with Gasteiger partial charge in [0.15, 0.2) is 11.7 Å². The zero-order valence-electron chi connectivity index (χ0n) is 12.4. The Hall–Kier alpha value is -3.36. The summed E-state index contributed by atoms with van der Waals surface area (Å²) in [5.74, 6) is -0.470. The van der Waals surface area contributed by atoms with Gasteiger partial charge in [0.2, 0.25) is 11.9 Å². The van der Waals surface area contributed by atoms with Crippen molar-refractivity contribution in [2.24, 2.45) is 27.2 Å². The van der Waals surface area contributed by atoms with Gasteiger partial charge in [0.1, 0.15) is 6.26 Å². The van der Waals surface area contributed by atoms with Crippen LogP contribution in [0.3, 0.4) is 0 Å². The van der Waals surface area contributed by atoms with E-state index in [2.05, 4.69) is 15.0 Å². The zero-order valence-corrected chi connectivity index (χ0v) is 12.4. The van der Waals surface area contributed by atoms with E-state index in [1.165, 1.54) is 6.26 Å². The van der Waals surface area contributed by atoms with Gasteiger partial charge in [-0.1, -0.05) is 0 Å². The first-order valence-electron chi connectivity index (χ1n) is 6.66. The molecule has 1 aromatic carbocycles. The summed E-state index contributed by atoms with van der Waals surface area (Å²) in [6, 6.07) is 6.78. The molecule has 0 amide bonds. The Kier molecular flexibility index (Phi) is 4.92. The quantitative estimate of drug-likeness (QED) is 0.426. The summed E-state index contributed by atoms with van der Waals surface area (Å²) in [4.78, 5) is 23.2. The predicted molar refractivity (Wildman–Crippen MR) is 85.0 cm³/mol. The maximum atomic E-state index is 11.5. The second-order valence-corrected chi connectivity index (χ2v) is 4.31. The van der Waals surface area contributed by atoms with Crippen LogP contribution in [0.1, 0.15) is 17.4 Å². The molecular formula is C14H16N6O3. The number of esters is 1. The van der Waals surface area contributed by atoms with Gasteiger partial charge in [-0.2, -0.15) is 4.99 Å². The van der Waals surface area contributed by atoms with Crippen LogP contribution in [0, 0.1) is 0 Å². The standard InChI is InChI=1S/C14H16N6O3/c1-2-22-12(21)10-7-23-11(19-10)8-3-5-9(6-4-8)18-14(17)20-13(15)16/h3-7H,2H2,1H3,(H6,15,16,17,18,20). The van der Waals surface area contributed by atoms with Crippen molar-refractivity contribution >= 4 is 23.6 Å². The Bertz CT molecular complexity index is 744. The number of carbonyl (C=O) groups excluding carboxylic acids is 1. The van der Waals surface area contributed by atoms with E-state index in [9.17, 15) is 4.79 Å². The van der Waals surface area contributed by atoms with Crippen molar-refractivity contribution in [2.45, 2.75) is 6.92 Å². The lowest BCUT2D eigenvalue weighted by molar-refractivity contribution is 0.0519. The van der Waals surface area contributed by atoms with Crippen molar-refractivity contribution in [1.82, 2.24) is 4.98 Å². The molecule has 1 heterocycles. The molecule has 120 valence electrons. The number of carbonyl (C=O) groups is 1. The first-order chi connectivity index (χ1) is 11.0. The normalized spacial score (nSPS) is 11.1. The highest BCUT2D eigenvalue weighted by molar-refractivity contribution is 5.93. The summed E-state index contributed by atoms with van der Waals surface area (Å²) in [6.07, 6.45) is 1.25. The molecule has 1 aromatic heterocycles. The molecule has 0 bridgehead atoms. The van der Waals surface area contributed by atoms with Crippen LogP contribution < -0.4 is 17.2 Å². The van der Waals surface area contributed by atoms with E-state index < -0.39 is 5.97 Å². The first-order valence-corrected chi connectivity index (χ1v) is 6.66. The topological polar surface area (TPSA) is 155 Å². The van der Waals surface area contributed by atoms with Gasteiger partial charge in [-0.3, -0.25) is 0 Å². The largest absolute Gasteiger partial charge is 0.461 e. The van der Waals surface area contributed by atoms with E-state index in [0.29, 0.717) is 17.1 Å². The van der Waals surface area contributed by atoms with Gasteiger partial charge >= 0.3 is 5.97 Å². The Morgan fingerprint density at radius 1 is 1.26 bits per heavy atom. The number of aromatic nitrogens is 1. The predicted octanol–water partition coefficient (Wildman–Crippen LogP) is 0.738. The highest BCUT2D eigenvalue weighted by Crippen LogP contribution is 2.22. The van der Waals surface area contributed by atoms with Crippen LogP contribution in [0.2, 0.25) is 0 Å². The number of nitrogens with zero attached hydrogens (tertiary/aromatic N) is 3. The minimum atomic E-state index is -0.534. The number of benzene rings is 1. The molecule has 2 rings (SSSR count). The van der Waals surface area contributed by atoms with Crippen LogP contribution >= 0.6 is 0 Å². The lowest BCUT2D eigenvalue weighted by atomic mass is 10.2. The first kappa shape index (κ1) is 16.0. The van der Waals surface area contributed by atoms with Crippen LogP contribution in [0.15, 0.2) is 44.9 Å². The molecule has 0 aliphatic rings. The van der Waals surface area contributed by atoms with Crippen molar-refractivity contribution in [1.29, 1.82) is 0 Å². The Labute approximate surface area is 131 Å². The summed E-state index contributed by atoms with van der Waals surface area (Å²) in [5, 5.41) is 0. The fourth-order valence-electron chi connectivity index (χ4n) is 1.67. The second-order valence-electron chi connectivity index (χ2n) is 4.31. The third-order valence-corrected chi connectivity index (χ3v) is 2.59. The van der Waals surface area contributed by atoms with Gasteiger partial charge < -0.3 is 26.4 Å². The van der Waals surface area contributed by atoms with Crippen LogP contribution in [0.4, 0.5) is 5.69 Å². The number of guanidine groups is 2. The molecule has 9 nitrogen and oxygen atoms in total. The Morgan fingerprint density at radius 3 is 2.57 bits per heavy atom. The van der Waals surface area contributed by atoms with E-state index in [0.717, 1.165) is 0 Å². The van der Waals surface area contributed by atoms with Crippen LogP contribution in [0.25, 0.3) is 11.5 Å². The van der Waals surface area contributed by atoms with Gasteiger partial charge in [-0.25, -0.2) is 14.8 Å². The number of hydrogen-bond acceptors (Lipinski definition) is 5. The minimum Gasteiger partial charge on any atom is -0.461 e. The number of nitrogens with two attached hydrogens (primary N) is 3. The highest BCUT2D eigenvalue weighted by atomic mass is 16.5. The van der Waals surface area contributed by atoms with E-state index in [1.807, 2.05) is 0 Å². The summed E-state index contributed by atoms with van der Waals surface area (Å²) >= 11 is 0. The second kappa shape index (κ2) is 7.07. The number of rotatable bonds is 4. The molecular weight excluding hydrogens is 300 g/mol. The van der Waals surface area contributed by atoms with Crippen molar-refractivity contribution in [3.05, 3.63) is 36.2 Å². The molecule has 6 N–H and O–H groups in total. The van der Waals surface area contributed by atoms with Gasteiger partial charge in [0.25, 0.3) is 0 Å². The van der Waals surface area contributed by atoms with Gasteiger partial charge in [0.05, 0.1) is 12.3 Å². The fourth-order valence-corrected chi connectivity index (χ4v) is 1.67. The van der Waals surface area contributed by atoms with Crippen molar-refractivity contribution in [3.8, 4) is 11.5 Å². The highest BCUT2D eigenvalue weighted by Gasteiger charge is 2.14. The Morgan fingerprint density at radius 2 is 1.96 bits per heavy atom. The average molecular weight is 316 g/mol. The van der Waals surface area contributed by atoms with Gasteiger partial charge in [-0.15, -0.1) is 0 Å². The van der Waals surface area contributed by atoms with Crippen molar-refractivity contribution < 1.29 is 13.9 Å². The molecule has 0 unspecified atom stereocenters. The third kappa shape index (κ3) is 4.30. The minimum absolute atomic E-state index is 0.0570. The van der Waals surface area contributed by atoms with E-state index in [-0.39, 0.29) is 24.2 Å². The summed E-state index contributed by atoms with van der Waals surface area (Å²) in [6.45, 7) is 1.98. The van der Waals surface area contributed by atoms with Crippen LogP contribution in [-0.2, 0) is 4.74 Å². The number of hydrogen-bond donors (Lipinski definition) is 3. The molecule has 0 saturated carbocycles. The Balaban J connectivity index is 2.17. The van der Waals surface area contributed by atoms with Crippen LogP contribution in [0.5, 0.6) is 0 Å². The number of ether oxygens (including phenoxy) is 1. The summed E-state index contributed by atoms with van der Waals surface area (Å²) in [7, 11) is 0. The molecule has 0 saturated heterocycles. The molecule has 9 heteroatoms. The van der Waals surface area contributed by atoms with Gasteiger partial charge in [0, 0.05) is 5.56 Å². The molecule has 0 atom stereocenters. The molecule has 0 fully saturated rings. The van der Waals surface area contributed by atoms with Crippen LogP contribution in [-0.4, -0.2) is 29.5 Å². The summed E-state index contributed by atoms with van der Waals surface area (Å²) in [5.41, 5.74) is 17.3. The van der Waals surface area contributed by atoms with Crippen molar-refractivity contribution in [2.75, 3.05) is 6.61 Å². The van der Waals surface area contributed by atoms with E-state index in [1.54, 1.807) is 31.2 Å². The van der Waals surface area contributed by atoms with Crippen molar-refractivity contribution in [3.63, 3.8) is 0 Å². The SMILES string of the molecule is CCOC(=O)c1coc(-c2ccc(N=C(N)N=C(N)N)cc2)n1. The molecule has 0 radical (unpaired) electrons. The van der Waals surface area contributed by atoms with Gasteiger partial charge in [-0.05, 0) is 31.2 Å². The number of aliphatic imine (C=N–C) groups is 2. The monoisotopic (exact) mass is 316 g/mol. The third-order valence-electron chi connectivity index (χ3n) is 2.59. The molecule has 0 spiro atoms.